The summed E-state index contributed by atoms with van der Waals surface area (Å²) in [6, 6.07) is 0. The van der Waals surface area contributed by atoms with Crippen molar-refractivity contribution >= 4 is 27.9 Å². The second-order valence-corrected chi connectivity index (χ2v) is 22.9. The highest BCUT2D eigenvalue weighted by Gasteiger charge is 2.52. The molecule has 1 saturated heterocycles. The second-order valence-electron chi connectivity index (χ2n) is 22.4. The van der Waals surface area contributed by atoms with Gasteiger partial charge in [-0.1, -0.05) is 158 Å². The zero-order chi connectivity index (χ0) is 52.6. The van der Waals surface area contributed by atoms with Crippen molar-refractivity contribution in [3.8, 4) is 0 Å². The highest BCUT2D eigenvalue weighted by Crippen LogP contribution is 2.41. The predicted octanol–water partition coefficient (Wildman–Crippen LogP) is 11.4. The van der Waals surface area contributed by atoms with Crippen molar-refractivity contribution in [1.29, 1.82) is 0 Å². The molecule has 2 aliphatic heterocycles. The Morgan fingerprint density at radius 3 is 2.00 bits per heavy atom. The molecule has 0 radical (unpaired) electrons. The molecule has 406 valence electrons. The van der Waals surface area contributed by atoms with Crippen LogP contribution in [-0.4, -0.2) is 110 Å². The average Bonchev–Trinajstić information content (AvgIpc) is 3.58. The molecule has 2 aliphatic rings. The number of esters is 2. The van der Waals surface area contributed by atoms with Crippen LogP contribution in [0.3, 0.4) is 0 Å². The third-order valence-corrected chi connectivity index (χ3v) is 15.6. The number of unbranched alkanes of at least 4 members (excludes halogenated alkanes) is 12. The summed E-state index contributed by atoms with van der Waals surface area (Å²) in [5.74, 6) is -0.620. The maximum absolute atomic E-state index is 13.4. The van der Waals surface area contributed by atoms with Gasteiger partial charge in [-0.3, -0.25) is 4.79 Å². The maximum atomic E-state index is 13.4. The fourth-order valence-electron chi connectivity index (χ4n) is 10.3. The third-order valence-electron chi connectivity index (χ3n) is 15.2. The Morgan fingerprint density at radius 1 is 0.871 bits per heavy atom. The van der Waals surface area contributed by atoms with Gasteiger partial charge in [0.15, 0.2) is 0 Å². The summed E-state index contributed by atoms with van der Waals surface area (Å²) in [6.45, 7) is 20.9. The van der Waals surface area contributed by atoms with Gasteiger partial charge in [0.05, 0.1) is 43.7 Å². The van der Waals surface area contributed by atoms with E-state index < -0.39 is 65.6 Å². The summed E-state index contributed by atoms with van der Waals surface area (Å²) < 4.78 is 24.1. The van der Waals surface area contributed by atoms with Crippen LogP contribution in [0.15, 0.2) is 46.2 Å². The smallest absolute Gasteiger partial charge is 0.331 e. The molecule has 2 rings (SSSR count). The van der Waals surface area contributed by atoms with Gasteiger partial charge in [0, 0.05) is 48.1 Å². The van der Waals surface area contributed by atoms with Crippen LogP contribution in [0.2, 0.25) is 0 Å². The first kappa shape index (κ1) is 64.0. The highest BCUT2D eigenvalue weighted by molar-refractivity contribution is 9.11. The van der Waals surface area contributed by atoms with Gasteiger partial charge in [0.2, 0.25) is 0 Å². The molecule has 12 nitrogen and oxygen atoms in total. The van der Waals surface area contributed by atoms with E-state index in [0.717, 1.165) is 24.8 Å². The molecule has 1 fully saturated rings. The molecule has 6 N–H and O–H groups in total. The number of hydrogen-bond donors (Lipinski definition) is 6. The summed E-state index contributed by atoms with van der Waals surface area (Å²) in [4.78, 5) is 28.2. The Morgan fingerprint density at radius 2 is 1.43 bits per heavy atom. The number of aliphatic hydroxyl groups is 6. The Hall–Kier alpha value is -2.10. The second kappa shape index (κ2) is 33.0. The molecular weight excluding hydrogens is 957 g/mol. The number of carbonyl (C=O) groups is 2. The molecule has 3 unspecified atom stereocenters. The molecule has 2 bridgehead atoms. The first-order valence-electron chi connectivity index (χ1n) is 27.0. The van der Waals surface area contributed by atoms with E-state index in [4.69, 9.17) is 18.9 Å². The molecule has 2 heterocycles. The molecule has 0 aromatic carbocycles. The molecule has 0 aliphatic carbocycles. The summed E-state index contributed by atoms with van der Waals surface area (Å²) >= 11 is 3.20. The number of rotatable bonds is 31. The van der Waals surface area contributed by atoms with Gasteiger partial charge >= 0.3 is 11.9 Å². The molecule has 13 heteroatoms. The van der Waals surface area contributed by atoms with Gasteiger partial charge in [0.1, 0.15) is 29.7 Å². The zero-order valence-corrected chi connectivity index (χ0v) is 46.7. The quantitative estimate of drug-likeness (QED) is 0.0127. The van der Waals surface area contributed by atoms with E-state index in [1.165, 1.54) is 77.4 Å². The lowest BCUT2D eigenvalue weighted by Crippen LogP contribution is -2.48. The number of allylic oxidation sites excluding steroid dienone is 2. The van der Waals surface area contributed by atoms with Gasteiger partial charge in [0.25, 0.3) is 0 Å². The summed E-state index contributed by atoms with van der Waals surface area (Å²) in [5.41, 5.74) is -0.405. The van der Waals surface area contributed by atoms with Crippen LogP contribution in [0, 0.1) is 23.2 Å². The molecule has 0 aromatic heterocycles. The molecule has 0 aromatic rings. The lowest BCUT2D eigenvalue weighted by molar-refractivity contribution is -0.164. The van der Waals surface area contributed by atoms with E-state index in [0.29, 0.717) is 55.4 Å². The fourth-order valence-corrected chi connectivity index (χ4v) is 10.8. The van der Waals surface area contributed by atoms with Crippen molar-refractivity contribution < 1.29 is 59.2 Å². The fraction of sp³-hybridized carbons (Fsp3) is 0.825. The summed E-state index contributed by atoms with van der Waals surface area (Å²) in [6.07, 6.45) is 14.7. The van der Waals surface area contributed by atoms with Crippen LogP contribution in [0.4, 0.5) is 0 Å². The van der Waals surface area contributed by atoms with Gasteiger partial charge in [-0.15, -0.1) is 0 Å². The molecule has 0 saturated carbocycles. The Labute approximate surface area is 432 Å². The van der Waals surface area contributed by atoms with Crippen molar-refractivity contribution in [2.45, 2.75) is 271 Å². The van der Waals surface area contributed by atoms with Crippen molar-refractivity contribution in [3.63, 3.8) is 0 Å². The number of methoxy groups -OCH3 is 1. The van der Waals surface area contributed by atoms with Crippen molar-refractivity contribution in [3.05, 3.63) is 46.2 Å². The first-order valence-corrected chi connectivity index (χ1v) is 27.9. The van der Waals surface area contributed by atoms with E-state index >= 15 is 0 Å². The van der Waals surface area contributed by atoms with Crippen LogP contribution < -0.4 is 0 Å². The van der Waals surface area contributed by atoms with E-state index in [9.17, 15) is 40.2 Å². The third kappa shape index (κ3) is 23.0. The minimum atomic E-state index is -1.31. The van der Waals surface area contributed by atoms with Gasteiger partial charge < -0.3 is 49.6 Å². The summed E-state index contributed by atoms with van der Waals surface area (Å²) in [5, 5.41) is 67.2. The van der Waals surface area contributed by atoms with Crippen LogP contribution in [0.25, 0.3) is 0 Å². The Bertz CT molecular complexity index is 1630. The van der Waals surface area contributed by atoms with Crippen LogP contribution in [0.1, 0.15) is 210 Å². The Balaban J connectivity index is 2.03. The average molecular weight is 1060 g/mol. The van der Waals surface area contributed by atoms with Crippen molar-refractivity contribution in [2.75, 3.05) is 7.11 Å². The number of hydrogen-bond acceptors (Lipinski definition) is 12. The number of fused-ring (bicyclic) bond motifs is 2. The number of aliphatic hydroxyl groups excluding tert-OH is 6. The van der Waals surface area contributed by atoms with Gasteiger partial charge in [-0.2, -0.15) is 0 Å². The lowest BCUT2D eigenvalue weighted by Gasteiger charge is -2.38. The Kier molecular flexibility index (Phi) is 30.1. The van der Waals surface area contributed by atoms with Crippen LogP contribution >= 0.6 is 15.9 Å². The van der Waals surface area contributed by atoms with Crippen LogP contribution in [0.5, 0.6) is 0 Å². The standard InChI is InChI=1S/C57H99BrO12/c1-12-13-14-15-16-17-18-19-20-21-22-23-24-25-54(65)68-45-27-38(2)26-39(3)32-55(66)69-53-35-46(29-40(4)28-45)70-57(53,10)52(64)31-41(5)30-50(62)56(8,9)51(63)36-48(61)43(7)47(60)34-44(59)33-42(6)49(37-58)67-11/h31-32,37-38,40,43-48,50-53,59-64H,6,12-30,33-36H2,1-5,7-11H3/b39-32+,41-31+,49-37+/t38?,40?,43-,44+,45?,46+,47+,48-,50-,51+,52+,53-,57-/m1/s1. The highest BCUT2D eigenvalue weighted by atomic mass is 79.9. The van der Waals surface area contributed by atoms with Gasteiger partial charge in [-0.25, -0.2) is 4.79 Å². The predicted molar refractivity (Wildman–Crippen MR) is 283 cm³/mol. The normalized spacial score (nSPS) is 27.0. The minimum absolute atomic E-state index is 0.0275. The summed E-state index contributed by atoms with van der Waals surface area (Å²) in [7, 11) is 1.49. The molecule has 0 spiro atoms. The zero-order valence-electron chi connectivity index (χ0n) is 45.1. The lowest BCUT2D eigenvalue weighted by atomic mass is 9.75. The van der Waals surface area contributed by atoms with Crippen LogP contribution in [-0.2, 0) is 28.5 Å². The topological polar surface area (TPSA) is 192 Å². The monoisotopic (exact) mass is 1050 g/mol. The van der Waals surface area contributed by atoms with Gasteiger partial charge in [-0.05, 0) is 83.1 Å². The van der Waals surface area contributed by atoms with Crippen molar-refractivity contribution in [2.24, 2.45) is 23.2 Å². The first-order chi connectivity index (χ1) is 33.0. The van der Waals surface area contributed by atoms with Crippen molar-refractivity contribution in [1.82, 2.24) is 0 Å². The number of carbonyl (C=O) groups excluding carboxylic acids is 2. The minimum Gasteiger partial charge on any atom is -0.496 e. The SMILES string of the molecule is C=C(C[C@H](O)C[C@H](O)[C@@H](C)[C@H](O)C[C@H](O)C(C)(C)[C@H](O)C/C(C)=C/[C@H](O)[C@@]1(C)O[C@H]2CC(C)CC(OC(=O)CCCCCCCCCCCCCCC)CC(C)C/C(C)=C/C(=O)O[C@@H]1C2)/C(=C\Br)OC. The number of halogens is 1. The van der Waals surface area contributed by atoms with E-state index in [-0.39, 0.29) is 55.7 Å². The van der Waals surface area contributed by atoms with E-state index in [2.05, 4.69) is 43.3 Å². The molecule has 0 amide bonds. The molecule has 70 heavy (non-hydrogen) atoms. The van der Waals surface area contributed by atoms with E-state index in [1.807, 2.05) is 6.92 Å². The number of ether oxygens (including phenoxy) is 4. The largest absolute Gasteiger partial charge is 0.496 e. The molecule has 13 atom stereocenters. The molecular formula is C57H99BrO12. The maximum Gasteiger partial charge on any atom is 0.331 e. The van der Waals surface area contributed by atoms with E-state index in [1.54, 1.807) is 45.7 Å².